The predicted molar refractivity (Wildman–Crippen MR) is 76.9 cm³/mol. The van der Waals surface area contributed by atoms with Crippen LogP contribution in [0.3, 0.4) is 0 Å². The molecule has 0 aromatic carbocycles. The fourth-order valence-electron chi connectivity index (χ4n) is 2.47. The van der Waals surface area contributed by atoms with Crippen molar-refractivity contribution in [2.75, 3.05) is 38.2 Å². The number of hydrogen-bond acceptors (Lipinski definition) is 4. The van der Waals surface area contributed by atoms with Crippen LogP contribution in [0.1, 0.15) is 33.1 Å². The van der Waals surface area contributed by atoms with Crippen molar-refractivity contribution in [3.05, 3.63) is 0 Å². The summed E-state index contributed by atoms with van der Waals surface area (Å²) in [6.07, 6.45) is 2.55. The number of nitrogens with zero attached hydrogens (tertiary/aromatic N) is 2. The van der Waals surface area contributed by atoms with Crippen molar-refractivity contribution < 1.29 is 13.2 Å². The first-order valence-electron chi connectivity index (χ1n) is 7.08. The summed E-state index contributed by atoms with van der Waals surface area (Å²) < 4.78 is 22.9. The normalized spacial score (nSPS) is 21.8. The number of carbonyl (C=O) groups excluding carboxylic acids is 1. The smallest absolute Gasteiger partial charge is 0.236 e. The first-order chi connectivity index (χ1) is 8.89. The van der Waals surface area contributed by atoms with E-state index in [2.05, 4.69) is 13.8 Å². The van der Waals surface area contributed by atoms with Crippen LogP contribution in [-0.4, -0.2) is 68.4 Å². The number of likely N-dealkylation sites (N-methyl/N-ethyl adjacent to an activating group) is 1. The summed E-state index contributed by atoms with van der Waals surface area (Å²) in [5.41, 5.74) is 0. The van der Waals surface area contributed by atoms with Crippen LogP contribution in [0.2, 0.25) is 0 Å². The van der Waals surface area contributed by atoms with E-state index in [0.29, 0.717) is 13.0 Å². The quantitative estimate of drug-likeness (QED) is 0.694. The Morgan fingerprint density at radius 3 is 2.21 bits per heavy atom. The van der Waals surface area contributed by atoms with Crippen molar-refractivity contribution in [1.29, 1.82) is 0 Å². The summed E-state index contributed by atoms with van der Waals surface area (Å²) in [6, 6.07) is -0.000877. The highest BCUT2D eigenvalue weighted by Gasteiger charge is 2.31. The lowest BCUT2D eigenvalue weighted by atomic mass is 10.2. The summed E-state index contributed by atoms with van der Waals surface area (Å²) in [5, 5.41) is 0. The number of sulfone groups is 1. The molecule has 0 aromatic rings. The molecule has 1 aliphatic heterocycles. The molecule has 1 aliphatic rings. The molecule has 112 valence electrons. The largest absolute Gasteiger partial charge is 0.342 e. The summed E-state index contributed by atoms with van der Waals surface area (Å²) in [5.74, 6) is 0.554. The third-order valence-electron chi connectivity index (χ3n) is 3.56. The van der Waals surface area contributed by atoms with Gasteiger partial charge in [0.15, 0.2) is 9.84 Å². The molecule has 0 N–H and O–H groups in total. The molecule has 19 heavy (non-hydrogen) atoms. The average molecular weight is 290 g/mol. The Labute approximate surface area is 116 Å². The van der Waals surface area contributed by atoms with Crippen molar-refractivity contribution in [3.8, 4) is 0 Å². The van der Waals surface area contributed by atoms with Gasteiger partial charge in [-0.3, -0.25) is 9.69 Å². The van der Waals surface area contributed by atoms with E-state index in [4.69, 9.17) is 0 Å². The van der Waals surface area contributed by atoms with Crippen LogP contribution in [0.4, 0.5) is 0 Å². The van der Waals surface area contributed by atoms with Crippen LogP contribution < -0.4 is 0 Å². The molecule has 0 spiro atoms. The van der Waals surface area contributed by atoms with Gasteiger partial charge in [0.1, 0.15) is 0 Å². The zero-order valence-electron chi connectivity index (χ0n) is 12.3. The average Bonchev–Trinajstić information content (AvgIpc) is 2.69. The van der Waals surface area contributed by atoms with Gasteiger partial charge in [0, 0.05) is 19.1 Å². The molecule has 6 heteroatoms. The third kappa shape index (κ3) is 5.10. The maximum absolute atomic E-state index is 12.2. The lowest BCUT2D eigenvalue weighted by Crippen LogP contribution is -2.43. The second kappa shape index (κ2) is 7.24. The van der Waals surface area contributed by atoms with E-state index in [-0.39, 0.29) is 23.5 Å². The summed E-state index contributed by atoms with van der Waals surface area (Å²) >= 11 is 0. The molecule has 1 unspecified atom stereocenters. The van der Waals surface area contributed by atoms with E-state index in [1.807, 2.05) is 16.8 Å². The minimum absolute atomic E-state index is 0.000877. The molecule has 0 aliphatic carbocycles. The highest BCUT2D eigenvalue weighted by molar-refractivity contribution is 7.91. The maximum atomic E-state index is 12.2. The van der Waals surface area contributed by atoms with Gasteiger partial charge in [0.25, 0.3) is 0 Å². The summed E-state index contributed by atoms with van der Waals surface area (Å²) in [7, 11) is -1.04. The fourth-order valence-corrected chi connectivity index (χ4v) is 4.27. The topological polar surface area (TPSA) is 57.7 Å². The number of amides is 1. The zero-order chi connectivity index (χ0) is 14.5. The van der Waals surface area contributed by atoms with E-state index >= 15 is 0 Å². The van der Waals surface area contributed by atoms with E-state index in [0.717, 1.165) is 25.9 Å². The van der Waals surface area contributed by atoms with E-state index in [9.17, 15) is 13.2 Å². The first-order valence-corrected chi connectivity index (χ1v) is 8.90. The maximum Gasteiger partial charge on any atom is 0.236 e. The zero-order valence-corrected chi connectivity index (χ0v) is 13.1. The van der Waals surface area contributed by atoms with Gasteiger partial charge in [-0.15, -0.1) is 0 Å². The minimum atomic E-state index is -2.88. The predicted octanol–water partition coefficient (Wildman–Crippen LogP) is 0.754. The van der Waals surface area contributed by atoms with Gasteiger partial charge in [-0.05, 0) is 26.3 Å². The molecule has 5 nitrogen and oxygen atoms in total. The molecule has 1 rings (SSSR count). The standard InChI is InChI=1S/C13H26N2O3S/c1-4-7-15(8-5-2)13(16)10-14(3)12-6-9-19(17,18)11-12/h12H,4-11H2,1-3H3. The highest BCUT2D eigenvalue weighted by Crippen LogP contribution is 2.16. The fraction of sp³-hybridized carbons (Fsp3) is 0.923. The van der Waals surface area contributed by atoms with Crippen molar-refractivity contribution in [2.24, 2.45) is 0 Å². The Morgan fingerprint density at radius 1 is 1.21 bits per heavy atom. The molecule has 0 bridgehead atoms. The second-order valence-corrected chi connectivity index (χ2v) is 7.58. The lowest BCUT2D eigenvalue weighted by Gasteiger charge is -2.27. The van der Waals surface area contributed by atoms with Gasteiger partial charge in [0.2, 0.25) is 5.91 Å². The van der Waals surface area contributed by atoms with E-state index in [1.165, 1.54) is 0 Å². The second-order valence-electron chi connectivity index (χ2n) is 5.35. The van der Waals surface area contributed by atoms with Gasteiger partial charge >= 0.3 is 0 Å². The van der Waals surface area contributed by atoms with E-state index < -0.39 is 9.84 Å². The Morgan fingerprint density at radius 2 is 1.79 bits per heavy atom. The van der Waals surface area contributed by atoms with Gasteiger partial charge < -0.3 is 4.90 Å². The van der Waals surface area contributed by atoms with Crippen molar-refractivity contribution in [3.63, 3.8) is 0 Å². The Kier molecular flexibility index (Phi) is 6.26. The van der Waals surface area contributed by atoms with Crippen LogP contribution in [0.5, 0.6) is 0 Å². The van der Waals surface area contributed by atoms with Gasteiger partial charge in [-0.25, -0.2) is 8.42 Å². The van der Waals surface area contributed by atoms with Crippen LogP contribution >= 0.6 is 0 Å². The molecule has 1 atom stereocenters. The molecule has 1 saturated heterocycles. The Balaban J connectivity index is 2.50. The lowest BCUT2D eigenvalue weighted by molar-refractivity contribution is -0.132. The molecule has 1 fully saturated rings. The van der Waals surface area contributed by atoms with Gasteiger partial charge in [-0.1, -0.05) is 13.8 Å². The molecule has 1 heterocycles. The van der Waals surface area contributed by atoms with Crippen LogP contribution in [0, 0.1) is 0 Å². The molecule has 1 amide bonds. The molecule has 0 saturated carbocycles. The summed E-state index contributed by atoms with van der Waals surface area (Å²) in [6.45, 7) is 6.00. The third-order valence-corrected chi connectivity index (χ3v) is 5.31. The highest BCUT2D eigenvalue weighted by atomic mass is 32.2. The van der Waals surface area contributed by atoms with Crippen LogP contribution in [0.25, 0.3) is 0 Å². The van der Waals surface area contributed by atoms with E-state index in [1.54, 1.807) is 0 Å². The Bertz CT molecular complexity index is 389. The monoisotopic (exact) mass is 290 g/mol. The SMILES string of the molecule is CCCN(CCC)C(=O)CN(C)C1CCS(=O)(=O)C1. The minimum Gasteiger partial charge on any atom is -0.342 e. The number of hydrogen-bond donors (Lipinski definition) is 0. The first kappa shape index (κ1) is 16.4. The summed E-state index contributed by atoms with van der Waals surface area (Å²) in [4.78, 5) is 16.0. The van der Waals surface area contributed by atoms with Crippen molar-refractivity contribution in [2.45, 2.75) is 39.2 Å². The van der Waals surface area contributed by atoms with Gasteiger partial charge in [-0.2, -0.15) is 0 Å². The number of carbonyl (C=O) groups is 1. The van der Waals surface area contributed by atoms with Gasteiger partial charge in [0.05, 0.1) is 18.1 Å². The molecular weight excluding hydrogens is 264 g/mol. The van der Waals surface area contributed by atoms with Crippen molar-refractivity contribution >= 4 is 15.7 Å². The molecular formula is C13H26N2O3S. The Hall–Kier alpha value is -0.620. The number of rotatable bonds is 7. The van der Waals surface area contributed by atoms with Crippen LogP contribution in [0.15, 0.2) is 0 Å². The molecule has 0 aromatic heterocycles. The van der Waals surface area contributed by atoms with Crippen molar-refractivity contribution in [1.82, 2.24) is 9.80 Å². The van der Waals surface area contributed by atoms with Crippen LogP contribution in [-0.2, 0) is 14.6 Å². The molecule has 0 radical (unpaired) electrons.